The number of hydrogen-bond donors (Lipinski definition) is 1. The monoisotopic (exact) mass is 278 g/mol. The van der Waals surface area contributed by atoms with Crippen molar-refractivity contribution in [1.82, 2.24) is 4.98 Å². The Morgan fingerprint density at radius 1 is 1.16 bits per heavy atom. The van der Waals surface area contributed by atoms with Gasteiger partial charge in [-0.1, -0.05) is 35.6 Å². The van der Waals surface area contributed by atoms with E-state index in [4.69, 9.17) is 9.47 Å². The first kappa shape index (κ1) is 14.0. The molecular formula is C14H18N2O2S. The number of aromatic nitrogens is 1. The van der Waals surface area contributed by atoms with Crippen LogP contribution in [0.1, 0.15) is 5.56 Å². The smallest absolute Gasteiger partial charge is 0.183 e. The third-order valence-corrected chi connectivity index (χ3v) is 3.64. The van der Waals surface area contributed by atoms with Crippen LogP contribution in [0.5, 0.6) is 0 Å². The number of thiazole rings is 1. The van der Waals surface area contributed by atoms with Crippen LogP contribution in [0, 0.1) is 0 Å². The molecule has 0 atom stereocenters. The van der Waals surface area contributed by atoms with Crippen LogP contribution in [0.25, 0.3) is 10.4 Å². The molecule has 0 saturated heterocycles. The van der Waals surface area contributed by atoms with E-state index in [-0.39, 0.29) is 0 Å². The maximum atomic E-state index is 5.10. The molecule has 0 bridgehead atoms. The molecule has 1 N–H and O–H groups in total. The van der Waals surface area contributed by atoms with Crippen LogP contribution >= 0.6 is 11.3 Å². The first-order valence-corrected chi connectivity index (χ1v) is 6.92. The number of rotatable bonds is 7. The zero-order valence-corrected chi connectivity index (χ0v) is 12.0. The van der Waals surface area contributed by atoms with Crippen molar-refractivity contribution in [2.24, 2.45) is 0 Å². The summed E-state index contributed by atoms with van der Waals surface area (Å²) in [6.07, 6.45) is 1.89. The lowest BCUT2D eigenvalue weighted by Crippen LogP contribution is -2.06. The maximum Gasteiger partial charge on any atom is 0.183 e. The Hall–Kier alpha value is -1.43. The zero-order valence-electron chi connectivity index (χ0n) is 11.2. The molecule has 2 aromatic rings. The molecule has 0 spiro atoms. The lowest BCUT2D eigenvalue weighted by Gasteiger charge is -2.01. The molecule has 1 heterocycles. The number of benzene rings is 1. The highest BCUT2D eigenvalue weighted by molar-refractivity contribution is 7.18. The van der Waals surface area contributed by atoms with E-state index in [2.05, 4.69) is 34.6 Å². The predicted molar refractivity (Wildman–Crippen MR) is 78.6 cm³/mol. The molecular weight excluding hydrogens is 260 g/mol. The minimum absolute atomic E-state index is 0.646. The maximum absolute atomic E-state index is 5.10. The van der Waals surface area contributed by atoms with E-state index in [1.54, 1.807) is 25.6 Å². The van der Waals surface area contributed by atoms with Crippen LogP contribution in [-0.2, 0) is 16.1 Å². The van der Waals surface area contributed by atoms with E-state index < -0.39 is 0 Å². The summed E-state index contributed by atoms with van der Waals surface area (Å²) >= 11 is 1.65. The summed E-state index contributed by atoms with van der Waals surface area (Å²) in [5.74, 6) is 0. The minimum atomic E-state index is 0.646. The molecule has 0 fully saturated rings. The summed E-state index contributed by atoms with van der Waals surface area (Å²) in [5.41, 5.74) is 2.35. The van der Waals surface area contributed by atoms with Gasteiger partial charge in [-0.2, -0.15) is 0 Å². The molecule has 1 aromatic heterocycles. The van der Waals surface area contributed by atoms with E-state index in [1.165, 1.54) is 11.1 Å². The molecule has 19 heavy (non-hydrogen) atoms. The highest BCUT2D eigenvalue weighted by Gasteiger charge is 2.04. The van der Waals surface area contributed by atoms with Crippen molar-refractivity contribution in [3.05, 3.63) is 36.0 Å². The van der Waals surface area contributed by atoms with Gasteiger partial charge in [0.15, 0.2) is 5.13 Å². The molecule has 4 nitrogen and oxygen atoms in total. The Morgan fingerprint density at radius 3 is 2.63 bits per heavy atom. The second-order valence-electron chi connectivity index (χ2n) is 4.08. The van der Waals surface area contributed by atoms with Crippen molar-refractivity contribution in [2.75, 3.05) is 32.7 Å². The zero-order chi connectivity index (χ0) is 13.5. The molecule has 2 rings (SSSR count). The molecule has 0 unspecified atom stereocenters. The molecule has 1 aromatic carbocycles. The summed E-state index contributed by atoms with van der Waals surface area (Å²) in [4.78, 5) is 5.51. The second-order valence-corrected chi connectivity index (χ2v) is 5.11. The molecule has 5 heteroatoms. The van der Waals surface area contributed by atoms with Crippen LogP contribution in [0.4, 0.5) is 5.13 Å². The average Bonchev–Trinajstić information content (AvgIpc) is 2.89. The lowest BCUT2D eigenvalue weighted by atomic mass is 10.1. The highest BCUT2D eigenvalue weighted by Crippen LogP contribution is 2.28. The van der Waals surface area contributed by atoms with E-state index in [9.17, 15) is 0 Å². The van der Waals surface area contributed by atoms with E-state index >= 15 is 0 Å². The van der Waals surface area contributed by atoms with Gasteiger partial charge in [-0.3, -0.25) is 0 Å². The Bertz CT molecular complexity index is 496. The van der Waals surface area contributed by atoms with Gasteiger partial charge in [-0.15, -0.1) is 0 Å². The van der Waals surface area contributed by atoms with E-state index in [0.29, 0.717) is 13.2 Å². The number of anilines is 1. The third-order valence-electron chi connectivity index (χ3n) is 2.64. The molecule has 0 saturated carbocycles. The Labute approximate surface area is 117 Å². The van der Waals surface area contributed by atoms with Crippen molar-refractivity contribution in [3.8, 4) is 10.4 Å². The summed E-state index contributed by atoms with van der Waals surface area (Å²) in [5, 5.41) is 4.15. The van der Waals surface area contributed by atoms with Crippen LogP contribution in [0.15, 0.2) is 30.5 Å². The Morgan fingerprint density at radius 2 is 1.95 bits per heavy atom. The number of nitrogens with zero attached hydrogens (tertiary/aromatic N) is 1. The van der Waals surface area contributed by atoms with Gasteiger partial charge in [0.25, 0.3) is 0 Å². The number of nitrogens with one attached hydrogen (secondary N) is 1. The number of ether oxygens (including phenoxy) is 2. The SMILES string of the molecule is COCCNc1ncc(-c2ccc(COC)cc2)s1. The van der Waals surface area contributed by atoms with E-state index in [1.807, 2.05) is 6.20 Å². The van der Waals surface area contributed by atoms with Crippen molar-refractivity contribution in [3.63, 3.8) is 0 Å². The molecule has 0 radical (unpaired) electrons. The van der Waals surface area contributed by atoms with Gasteiger partial charge in [-0.05, 0) is 11.1 Å². The van der Waals surface area contributed by atoms with Gasteiger partial charge in [-0.25, -0.2) is 4.98 Å². The van der Waals surface area contributed by atoms with Gasteiger partial charge in [0.1, 0.15) is 0 Å². The van der Waals surface area contributed by atoms with Crippen LogP contribution in [0.3, 0.4) is 0 Å². The quantitative estimate of drug-likeness (QED) is 0.791. The summed E-state index contributed by atoms with van der Waals surface area (Å²) < 4.78 is 10.1. The average molecular weight is 278 g/mol. The molecule has 0 aliphatic carbocycles. The predicted octanol–water partition coefficient (Wildman–Crippen LogP) is 3.01. The Kier molecular flexibility index (Phi) is 5.32. The van der Waals surface area contributed by atoms with Gasteiger partial charge >= 0.3 is 0 Å². The first-order chi connectivity index (χ1) is 9.33. The lowest BCUT2D eigenvalue weighted by molar-refractivity contribution is 0.185. The van der Waals surface area contributed by atoms with Gasteiger partial charge < -0.3 is 14.8 Å². The summed E-state index contributed by atoms with van der Waals surface area (Å²) in [6, 6.07) is 8.36. The van der Waals surface area contributed by atoms with Crippen molar-refractivity contribution >= 4 is 16.5 Å². The molecule has 0 aliphatic rings. The van der Waals surface area contributed by atoms with Crippen LogP contribution in [0.2, 0.25) is 0 Å². The molecule has 0 aliphatic heterocycles. The van der Waals surface area contributed by atoms with Crippen molar-refractivity contribution in [1.29, 1.82) is 0 Å². The van der Waals surface area contributed by atoms with Crippen LogP contribution < -0.4 is 5.32 Å². The number of hydrogen-bond acceptors (Lipinski definition) is 5. The standard InChI is InChI=1S/C14H18N2O2S/c1-17-8-7-15-14-16-9-13(19-14)12-5-3-11(4-6-12)10-18-2/h3-6,9H,7-8,10H2,1-2H3,(H,15,16). The third kappa shape index (κ3) is 4.02. The van der Waals surface area contributed by atoms with Crippen LogP contribution in [-0.4, -0.2) is 32.4 Å². The topological polar surface area (TPSA) is 43.4 Å². The summed E-state index contributed by atoms with van der Waals surface area (Å²) in [7, 11) is 3.39. The fraction of sp³-hybridized carbons (Fsp3) is 0.357. The second kappa shape index (κ2) is 7.23. The normalized spacial score (nSPS) is 10.6. The van der Waals surface area contributed by atoms with Crippen molar-refractivity contribution in [2.45, 2.75) is 6.61 Å². The van der Waals surface area contributed by atoms with E-state index in [0.717, 1.165) is 16.6 Å². The first-order valence-electron chi connectivity index (χ1n) is 6.10. The summed E-state index contributed by atoms with van der Waals surface area (Å²) in [6.45, 7) is 2.10. The minimum Gasteiger partial charge on any atom is -0.383 e. The fourth-order valence-corrected chi connectivity index (χ4v) is 2.53. The fourth-order valence-electron chi connectivity index (χ4n) is 1.68. The largest absolute Gasteiger partial charge is 0.383 e. The van der Waals surface area contributed by atoms with Gasteiger partial charge in [0.2, 0.25) is 0 Å². The van der Waals surface area contributed by atoms with Crippen molar-refractivity contribution < 1.29 is 9.47 Å². The Balaban J connectivity index is 2.01. The highest BCUT2D eigenvalue weighted by atomic mass is 32.1. The van der Waals surface area contributed by atoms with Gasteiger partial charge in [0, 0.05) is 27.0 Å². The molecule has 102 valence electrons. The number of methoxy groups -OCH3 is 2. The molecule has 0 amide bonds. The van der Waals surface area contributed by atoms with Gasteiger partial charge in [0.05, 0.1) is 18.1 Å².